The number of carbonyl (C=O) groups is 2. The zero-order valence-electron chi connectivity index (χ0n) is 16.8. The highest BCUT2D eigenvalue weighted by Crippen LogP contribution is 2.19. The highest BCUT2D eigenvalue weighted by Gasteiger charge is 2.13. The zero-order valence-corrected chi connectivity index (χ0v) is 17.6. The van der Waals surface area contributed by atoms with E-state index in [0.29, 0.717) is 35.7 Å². The van der Waals surface area contributed by atoms with Crippen molar-refractivity contribution in [3.63, 3.8) is 0 Å². The molecule has 2 rings (SSSR count). The summed E-state index contributed by atoms with van der Waals surface area (Å²) in [5, 5.41) is 8.58. The molecule has 0 spiro atoms. The second-order valence-electron chi connectivity index (χ2n) is 6.44. The van der Waals surface area contributed by atoms with Crippen LogP contribution in [0.15, 0.2) is 48.5 Å². The third kappa shape index (κ3) is 7.54. The molecule has 29 heavy (non-hydrogen) atoms. The van der Waals surface area contributed by atoms with Gasteiger partial charge in [0.1, 0.15) is 5.75 Å². The normalized spacial score (nSPS) is 10.1. The number of benzene rings is 2. The van der Waals surface area contributed by atoms with Gasteiger partial charge in [0.05, 0.1) is 12.2 Å². The molecule has 0 aromatic heterocycles. The Kier molecular flexibility index (Phi) is 9.11. The summed E-state index contributed by atoms with van der Waals surface area (Å²) in [7, 11) is 0. The Labute approximate surface area is 177 Å². The van der Waals surface area contributed by atoms with Crippen LogP contribution in [0.2, 0.25) is 0 Å². The lowest BCUT2D eigenvalue weighted by Gasteiger charge is -2.13. The minimum Gasteiger partial charge on any atom is -0.493 e. The molecule has 2 aromatic carbocycles. The molecular formula is C22H27N3O3S. The molecule has 0 heterocycles. The van der Waals surface area contributed by atoms with E-state index in [1.807, 2.05) is 6.07 Å². The quantitative estimate of drug-likeness (QED) is 0.409. The van der Waals surface area contributed by atoms with E-state index >= 15 is 0 Å². The van der Waals surface area contributed by atoms with Crippen molar-refractivity contribution in [3.05, 3.63) is 54.1 Å². The fourth-order valence-electron chi connectivity index (χ4n) is 2.57. The fraction of sp³-hybridized carbons (Fsp3) is 0.318. The van der Waals surface area contributed by atoms with Crippen LogP contribution in [0, 0.1) is 0 Å². The maximum atomic E-state index is 12.6. The van der Waals surface area contributed by atoms with E-state index in [-0.39, 0.29) is 16.9 Å². The van der Waals surface area contributed by atoms with Crippen molar-refractivity contribution in [1.82, 2.24) is 5.32 Å². The van der Waals surface area contributed by atoms with E-state index in [9.17, 15) is 9.59 Å². The molecule has 2 amide bonds. The van der Waals surface area contributed by atoms with Crippen LogP contribution < -0.4 is 20.7 Å². The second kappa shape index (κ2) is 11.8. The van der Waals surface area contributed by atoms with E-state index in [2.05, 4.69) is 22.9 Å². The Morgan fingerprint density at radius 2 is 1.69 bits per heavy atom. The maximum Gasteiger partial charge on any atom is 0.261 e. The molecule has 0 atom stereocenters. The number of anilines is 2. The Balaban J connectivity index is 1.97. The predicted molar refractivity (Wildman–Crippen MR) is 121 cm³/mol. The molecule has 0 fully saturated rings. The Morgan fingerprint density at radius 1 is 0.966 bits per heavy atom. The Hall–Kier alpha value is -2.93. The Bertz CT molecular complexity index is 855. The molecule has 154 valence electrons. The third-order valence-electron chi connectivity index (χ3n) is 4.09. The molecule has 0 bridgehead atoms. The molecule has 0 saturated carbocycles. The minimum atomic E-state index is -0.343. The SMILES string of the molecule is CCCCCOc1ccccc1C(=O)NC(=S)Nc1cccc(NC(=O)CC)c1. The van der Waals surface area contributed by atoms with Crippen LogP contribution in [0.5, 0.6) is 5.75 Å². The number of hydrogen-bond acceptors (Lipinski definition) is 4. The van der Waals surface area contributed by atoms with Crippen LogP contribution in [0.25, 0.3) is 0 Å². The molecular weight excluding hydrogens is 386 g/mol. The number of amides is 2. The van der Waals surface area contributed by atoms with Gasteiger partial charge in [-0.05, 0) is 49.0 Å². The smallest absolute Gasteiger partial charge is 0.261 e. The first-order valence-electron chi connectivity index (χ1n) is 9.77. The number of nitrogens with one attached hydrogen (secondary N) is 3. The largest absolute Gasteiger partial charge is 0.493 e. The summed E-state index contributed by atoms with van der Waals surface area (Å²) in [5.41, 5.74) is 1.74. The van der Waals surface area contributed by atoms with Crippen LogP contribution in [0.1, 0.15) is 49.9 Å². The summed E-state index contributed by atoms with van der Waals surface area (Å²) in [6.45, 7) is 4.48. The van der Waals surface area contributed by atoms with Gasteiger partial charge in [-0.15, -0.1) is 0 Å². The zero-order chi connectivity index (χ0) is 21.1. The highest BCUT2D eigenvalue weighted by atomic mass is 32.1. The molecule has 0 aliphatic carbocycles. The van der Waals surface area contributed by atoms with Crippen molar-refractivity contribution in [2.24, 2.45) is 0 Å². The predicted octanol–water partition coefficient (Wildman–Crippen LogP) is 4.73. The van der Waals surface area contributed by atoms with Crippen molar-refractivity contribution in [2.75, 3.05) is 17.2 Å². The topological polar surface area (TPSA) is 79.5 Å². The second-order valence-corrected chi connectivity index (χ2v) is 6.85. The van der Waals surface area contributed by atoms with Gasteiger partial charge in [-0.3, -0.25) is 14.9 Å². The molecule has 3 N–H and O–H groups in total. The van der Waals surface area contributed by atoms with E-state index in [1.54, 1.807) is 49.4 Å². The monoisotopic (exact) mass is 413 g/mol. The molecule has 0 aliphatic heterocycles. The van der Waals surface area contributed by atoms with Gasteiger partial charge in [0.2, 0.25) is 5.91 Å². The van der Waals surface area contributed by atoms with Crippen LogP contribution in [-0.2, 0) is 4.79 Å². The van der Waals surface area contributed by atoms with Crippen LogP contribution in [0.3, 0.4) is 0 Å². The summed E-state index contributed by atoms with van der Waals surface area (Å²) in [6.07, 6.45) is 3.53. The molecule has 6 nitrogen and oxygen atoms in total. The number of carbonyl (C=O) groups excluding carboxylic acids is 2. The number of rotatable bonds is 9. The van der Waals surface area contributed by atoms with Gasteiger partial charge < -0.3 is 15.4 Å². The molecule has 0 radical (unpaired) electrons. The average Bonchev–Trinajstić information content (AvgIpc) is 2.71. The van der Waals surface area contributed by atoms with Gasteiger partial charge >= 0.3 is 0 Å². The molecule has 0 aliphatic rings. The van der Waals surface area contributed by atoms with Crippen molar-refractivity contribution < 1.29 is 14.3 Å². The summed E-state index contributed by atoms with van der Waals surface area (Å²) >= 11 is 5.26. The number of para-hydroxylation sites is 1. The van der Waals surface area contributed by atoms with Gasteiger partial charge in [0, 0.05) is 17.8 Å². The summed E-state index contributed by atoms with van der Waals surface area (Å²) < 4.78 is 5.76. The fourth-order valence-corrected chi connectivity index (χ4v) is 2.78. The first-order chi connectivity index (χ1) is 14.0. The lowest BCUT2D eigenvalue weighted by molar-refractivity contribution is -0.115. The molecule has 7 heteroatoms. The average molecular weight is 414 g/mol. The van der Waals surface area contributed by atoms with Crippen molar-refractivity contribution in [3.8, 4) is 5.75 Å². The van der Waals surface area contributed by atoms with Crippen molar-refractivity contribution in [1.29, 1.82) is 0 Å². The standard InChI is InChI=1S/C22H27N3O3S/c1-3-5-8-14-28-19-13-7-6-12-18(19)21(27)25-22(29)24-17-11-9-10-16(15-17)23-20(26)4-2/h6-7,9-13,15H,3-5,8,14H2,1-2H3,(H,23,26)(H2,24,25,27,29). The van der Waals surface area contributed by atoms with Gasteiger partial charge in [-0.1, -0.05) is 44.9 Å². The van der Waals surface area contributed by atoms with Crippen LogP contribution in [0.4, 0.5) is 11.4 Å². The van der Waals surface area contributed by atoms with E-state index in [4.69, 9.17) is 17.0 Å². The molecule has 0 unspecified atom stereocenters. The van der Waals surface area contributed by atoms with Gasteiger partial charge in [-0.25, -0.2) is 0 Å². The summed E-state index contributed by atoms with van der Waals surface area (Å²) in [5.74, 6) is 0.116. The van der Waals surface area contributed by atoms with E-state index in [1.165, 1.54) is 0 Å². The minimum absolute atomic E-state index is 0.0754. The first-order valence-corrected chi connectivity index (χ1v) is 10.2. The highest BCUT2D eigenvalue weighted by molar-refractivity contribution is 7.80. The van der Waals surface area contributed by atoms with Crippen LogP contribution >= 0.6 is 12.2 Å². The summed E-state index contributed by atoms with van der Waals surface area (Å²) in [6, 6.07) is 14.2. The number of unbranched alkanes of at least 4 members (excludes halogenated alkanes) is 2. The maximum absolute atomic E-state index is 12.6. The Morgan fingerprint density at radius 3 is 2.41 bits per heavy atom. The van der Waals surface area contributed by atoms with Crippen molar-refractivity contribution >= 4 is 40.5 Å². The number of thiocarbonyl (C=S) groups is 1. The molecule has 2 aromatic rings. The van der Waals surface area contributed by atoms with Gasteiger partial charge in [0.25, 0.3) is 5.91 Å². The van der Waals surface area contributed by atoms with E-state index < -0.39 is 0 Å². The lowest BCUT2D eigenvalue weighted by atomic mass is 10.2. The third-order valence-corrected chi connectivity index (χ3v) is 4.29. The van der Waals surface area contributed by atoms with Crippen molar-refractivity contribution in [2.45, 2.75) is 39.5 Å². The first kappa shape index (κ1) is 22.4. The lowest BCUT2D eigenvalue weighted by Crippen LogP contribution is -2.34. The molecule has 0 saturated heterocycles. The number of ether oxygens (including phenoxy) is 1. The van der Waals surface area contributed by atoms with Gasteiger partial charge in [-0.2, -0.15) is 0 Å². The summed E-state index contributed by atoms with van der Waals surface area (Å²) in [4.78, 5) is 24.2. The van der Waals surface area contributed by atoms with Crippen LogP contribution in [-0.4, -0.2) is 23.5 Å². The number of hydrogen-bond donors (Lipinski definition) is 3. The van der Waals surface area contributed by atoms with E-state index in [0.717, 1.165) is 19.3 Å². The van der Waals surface area contributed by atoms with Gasteiger partial charge in [0.15, 0.2) is 5.11 Å².